The molecular formula is C18H18F2N2O4S. The van der Waals surface area contributed by atoms with Crippen molar-refractivity contribution in [2.75, 3.05) is 17.4 Å². The third kappa shape index (κ3) is 3.59. The van der Waals surface area contributed by atoms with Gasteiger partial charge in [-0.05, 0) is 30.7 Å². The Morgan fingerprint density at radius 1 is 1.19 bits per heavy atom. The van der Waals surface area contributed by atoms with Gasteiger partial charge in [0.15, 0.2) is 11.0 Å². The molecule has 0 radical (unpaired) electrons. The number of fused-ring (bicyclic) bond motifs is 1. The number of rotatable bonds is 5. The molecule has 1 heterocycles. The fourth-order valence-electron chi connectivity index (χ4n) is 2.77. The topological polar surface area (TPSA) is 75.7 Å². The molecule has 0 aromatic heterocycles. The van der Waals surface area contributed by atoms with Gasteiger partial charge < -0.3 is 10.1 Å². The van der Waals surface area contributed by atoms with Gasteiger partial charge in [-0.25, -0.2) is 17.2 Å². The zero-order valence-electron chi connectivity index (χ0n) is 14.5. The van der Waals surface area contributed by atoms with Gasteiger partial charge in [0.05, 0.1) is 12.2 Å². The molecule has 144 valence electrons. The molecule has 0 fully saturated rings. The number of hydrogen-bond donors (Lipinski definition) is 1. The van der Waals surface area contributed by atoms with Crippen LogP contribution in [0.5, 0.6) is 5.75 Å². The highest BCUT2D eigenvalue weighted by atomic mass is 32.2. The summed E-state index contributed by atoms with van der Waals surface area (Å²) in [5.74, 6) is -2.77. The van der Waals surface area contributed by atoms with E-state index in [0.29, 0.717) is 13.0 Å². The molecule has 1 amide bonds. The lowest BCUT2D eigenvalue weighted by molar-refractivity contribution is -0.127. The monoisotopic (exact) mass is 396 g/mol. The molecular weight excluding hydrogens is 378 g/mol. The Morgan fingerprint density at radius 3 is 2.52 bits per heavy atom. The molecule has 2 aromatic carbocycles. The van der Waals surface area contributed by atoms with Crippen LogP contribution < -0.4 is 14.4 Å². The smallest absolute Gasteiger partial charge is 0.270 e. The Hall–Kier alpha value is -2.68. The number of halogens is 2. The van der Waals surface area contributed by atoms with Crippen molar-refractivity contribution < 1.29 is 26.7 Å². The van der Waals surface area contributed by atoms with Gasteiger partial charge in [-0.15, -0.1) is 0 Å². The Morgan fingerprint density at radius 2 is 1.85 bits per heavy atom. The lowest BCUT2D eigenvalue weighted by Gasteiger charge is -2.34. The second kappa shape index (κ2) is 7.51. The minimum absolute atomic E-state index is 0.111. The summed E-state index contributed by atoms with van der Waals surface area (Å²) in [6, 6.07) is 8.94. The first-order valence-corrected chi connectivity index (χ1v) is 9.80. The van der Waals surface area contributed by atoms with Crippen LogP contribution in [0.15, 0.2) is 47.4 Å². The fraction of sp³-hybridized carbons (Fsp3) is 0.278. The predicted octanol–water partition coefficient (Wildman–Crippen LogP) is 2.45. The van der Waals surface area contributed by atoms with E-state index in [-0.39, 0.29) is 11.4 Å². The van der Waals surface area contributed by atoms with Gasteiger partial charge >= 0.3 is 0 Å². The van der Waals surface area contributed by atoms with Crippen LogP contribution in [0.3, 0.4) is 0 Å². The summed E-state index contributed by atoms with van der Waals surface area (Å²) < 4.78 is 60.8. The van der Waals surface area contributed by atoms with Crippen LogP contribution in [-0.4, -0.2) is 33.5 Å². The van der Waals surface area contributed by atoms with E-state index in [0.717, 1.165) is 22.5 Å². The SMILES string of the molecule is CCCNC(=O)[C@@H]1CN(S(=O)(=O)c2c(F)cccc2F)c2ccccc2O1. The van der Waals surface area contributed by atoms with Crippen molar-refractivity contribution in [3.05, 3.63) is 54.1 Å². The first kappa shape index (κ1) is 19.1. The number of carbonyl (C=O) groups is 1. The molecule has 1 aliphatic heterocycles. The maximum Gasteiger partial charge on any atom is 0.270 e. The van der Waals surface area contributed by atoms with E-state index < -0.39 is 45.1 Å². The summed E-state index contributed by atoms with van der Waals surface area (Å²) >= 11 is 0. The van der Waals surface area contributed by atoms with Crippen molar-refractivity contribution in [3.8, 4) is 5.75 Å². The van der Waals surface area contributed by atoms with Gasteiger partial charge in [-0.3, -0.25) is 9.10 Å². The number of ether oxygens (including phenoxy) is 1. The van der Waals surface area contributed by atoms with E-state index in [9.17, 15) is 22.0 Å². The van der Waals surface area contributed by atoms with Crippen LogP contribution in [0, 0.1) is 11.6 Å². The molecule has 0 saturated carbocycles. The summed E-state index contributed by atoms with van der Waals surface area (Å²) in [5.41, 5.74) is 0.111. The molecule has 0 bridgehead atoms. The first-order valence-electron chi connectivity index (χ1n) is 8.36. The minimum atomic E-state index is -4.60. The van der Waals surface area contributed by atoms with Gasteiger partial charge in [-0.1, -0.05) is 25.1 Å². The second-order valence-corrected chi connectivity index (χ2v) is 7.75. The minimum Gasteiger partial charge on any atom is -0.476 e. The molecule has 9 heteroatoms. The second-order valence-electron chi connectivity index (χ2n) is 5.95. The third-order valence-corrected chi connectivity index (χ3v) is 5.88. The van der Waals surface area contributed by atoms with Gasteiger partial charge in [-0.2, -0.15) is 0 Å². The normalized spacial score (nSPS) is 16.4. The molecule has 2 aromatic rings. The average Bonchev–Trinajstić information content (AvgIpc) is 2.64. The van der Waals surface area contributed by atoms with Crippen molar-refractivity contribution in [2.24, 2.45) is 0 Å². The van der Waals surface area contributed by atoms with E-state index in [4.69, 9.17) is 4.74 Å². The van der Waals surface area contributed by atoms with Crippen LogP contribution in [0.4, 0.5) is 14.5 Å². The van der Waals surface area contributed by atoms with E-state index >= 15 is 0 Å². The molecule has 1 aliphatic rings. The van der Waals surface area contributed by atoms with Gasteiger partial charge in [0.2, 0.25) is 0 Å². The van der Waals surface area contributed by atoms with Crippen molar-refractivity contribution in [1.82, 2.24) is 5.32 Å². The molecule has 3 rings (SSSR count). The molecule has 1 atom stereocenters. The Labute approximate surface area is 155 Å². The first-order chi connectivity index (χ1) is 12.9. The van der Waals surface area contributed by atoms with Crippen molar-refractivity contribution in [1.29, 1.82) is 0 Å². The Bertz CT molecular complexity index is 945. The van der Waals surface area contributed by atoms with Gasteiger partial charge in [0.1, 0.15) is 17.4 Å². The van der Waals surface area contributed by atoms with E-state index in [1.165, 1.54) is 12.1 Å². The predicted molar refractivity (Wildman–Crippen MR) is 95.0 cm³/mol. The third-order valence-electron chi connectivity index (χ3n) is 4.04. The highest BCUT2D eigenvalue weighted by Crippen LogP contribution is 2.37. The van der Waals surface area contributed by atoms with Crippen molar-refractivity contribution in [2.45, 2.75) is 24.3 Å². The lowest BCUT2D eigenvalue weighted by Crippen LogP contribution is -2.51. The number of benzene rings is 2. The van der Waals surface area contributed by atoms with Crippen LogP contribution in [-0.2, 0) is 14.8 Å². The number of amides is 1. The quantitative estimate of drug-likeness (QED) is 0.842. The standard InChI is InChI=1S/C18H18F2N2O4S/c1-2-10-21-18(23)16-11-22(14-8-3-4-9-15(14)26-16)27(24,25)17-12(19)6-5-7-13(17)20/h3-9,16H,2,10-11H2,1H3,(H,21,23)/t16-/m0/s1. The Balaban J connectivity index is 2.06. The molecule has 0 aliphatic carbocycles. The highest BCUT2D eigenvalue weighted by Gasteiger charge is 2.39. The number of para-hydroxylation sites is 2. The number of sulfonamides is 1. The molecule has 0 saturated heterocycles. The Kier molecular flexibility index (Phi) is 5.31. The van der Waals surface area contributed by atoms with E-state index in [1.54, 1.807) is 12.1 Å². The molecule has 27 heavy (non-hydrogen) atoms. The number of carbonyl (C=O) groups excluding carboxylic acids is 1. The number of nitrogens with zero attached hydrogens (tertiary/aromatic N) is 1. The number of nitrogens with one attached hydrogen (secondary N) is 1. The maximum atomic E-state index is 14.1. The summed E-state index contributed by atoms with van der Waals surface area (Å²) in [5, 5.41) is 2.63. The molecule has 0 spiro atoms. The van der Waals surface area contributed by atoms with Gasteiger partial charge in [0.25, 0.3) is 15.9 Å². The average molecular weight is 396 g/mol. The van der Waals surface area contributed by atoms with Crippen LogP contribution >= 0.6 is 0 Å². The van der Waals surface area contributed by atoms with E-state index in [1.807, 2.05) is 6.92 Å². The van der Waals surface area contributed by atoms with Crippen LogP contribution in [0.1, 0.15) is 13.3 Å². The number of anilines is 1. The summed E-state index contributed by atoms with van der Waals surface area (Å²) in [6.07, 6.45) is -0.451. The number of hydrogen-bond acceptors (Lipinski definition) is 4. The zero-order valence-corrected chi connectivity index (χ0v) is 15.3. The summed E-state index contributed by atoms with van der Waals surface area (Å²) in [6.45, 7) is 1.87. The fourth-order valence-corrected chi connectivity index (χ4v) is 4.36. The van der Waals surface area contributed by atoms with Gasteiger partial charge in [0, 0.05) is 6.54 Å². The lowest BCUT2D eigenvalue weighted by atomic mass is 10.2. The maximum absolute atomic E-state index is 14.1. The molecule has 6 nitrogen and oxygen atoms in total. The largest absolute Gasteiger partial charge is 0.476 e. The molecule has 1 N–H and O–H groups in total. The van der Waals surface area contributed by atoms with E-state index in [2.05, 4.69) is 5.32 Å². The van der Waals surface area contributed by atoms with Crippen LogP contribution in [0.2, 0.25) is 0 Å². The van der Waals surface area contributed by atoms with Crippen LogP contribution in [0.25, 0.3) is 0 Å². The van der Waals surface area contributed by atoms with Crippen molar-refractivity contribution in [3.63, 3.8) is 0 Å². The molecule has 0 unspecified atom stereocenters. The summed E-state index contributed by atoms with van der Waals surface area (Å²) in [7, 11) is -4.60. The summed E-state index contributed by atoms with van der Waals surface area (Å²) in [4.78, 5) is 11.2. The van der Waals surface area contributed by atoms with Crippen molar-refractivity contribution >= 4 is 21.6 Å². The zero-order chi connectivity index (χ0) is 19.6. The highest BCUT2D eigenvalue weighted by molar-refractivity contribution is 7.92.